The summed E-state index contributed by atoms with van der Waals surface area (Å²) in [5.74, 6) is -0.910. The van der Waals surface area contributed by atoms with Crippen LogP contribution < -0.4 is 5.32 Å². The lowest BCUT2D eigenvalue weighted by Gasteiger charge is -2.42. The molecule has 0 bridgehead atoms. The van der Waals surface area contributed by atoms with Crippen LogP contribution in [0.15, 0.2) is 67.3 Å². The molecule has 236 valence electrons. The Bertz CT molecular complexity index is 1790. The number of benzene rings is 2. The van der Waals surface area contributed by atoms with Crippen LogP contribution in [0.1, 0.15) is 70.8 Å². The van der Waals surface area contributed by atoms with E-state index in [4.69, 9.17) is 4.98 Å². The van der Waals surface area contributed by atoms with E-state index in [0.29, 0.717) is 42.7 Å². The average molecular weight is 618 g/mol. The molecule has 2 aromatic carbocycles. The van der Waals surface area contributed by atoms with Gasteiger partial charge in [0.05, 0.1) is 11.1 Å². The van der Waals surface area contributed by atoms with E-state index in [-0.39, 0.29) is 17.7 Å². The summed E-state index contributed by atoms with van der Waals surface area (Å²) in [6.45, 7) is 5.03. The molecule has 2 aromatic heterocycles. The molecular formula is C36H39N7O3. The number of hydrogen-bond donors (Lipinski definition) is 1. The minimum atomic E-state index is -0.719. The van der Waals surface area contributed by atoms with E-state index in [1.807, 2.05) is 24.4 Å². The number of piperidine rings is 1. The lowest BCUT2D eigenvalue weighted by Crippen LogP contribution is -2.52. The molecule has 1 aliphatic carbocycles. The number of imide groups is 1. The van der Waals surface area contributed by atoms with Gasteiger partial charge in [0.2, 0.25) is 5.91 Å². The van der Waals surface area contributed by atoms with Crippen molar-refractivity contribution < 1.29 is 14.4 Å². The van der Waals surface area contributed by atoms with Gasteiger partial charge in [-0.3, -0.25) is 29.1 Å². The minimum Gasteiger partial charge on any atom is -0.354 e. The second-order valence-corrected chi connectivity index (χ2v) is 13.1. The highest BCUT2D eigenvalue weighted by atomic mass is 16.2. The van der Waals surface area contributed by atoms with Gasteiger partial charge in [0.1, 0.15) is 18.0 Å². The molecule has 0 spiro atoms. The van der Waals surface area contributed by atoms with Crippen LogP contribution in [-0.2, 0) is 11.3 Å². The quantitative estimate of drug-likeness (QED) is 0.322. The number of aromatic nitrogens is 3. The van der Waals surface area contributed by atoms with E-state index in [2.05, 4.69) is 55.1 Å². The first-order valence-corrected chi connectivity index (χ1v) is 16.7. The number of nitrogens with zero attached hydrogens (tertiary/aromatic N) is 6. The Balaban J connectivity index is 0.897. The van der Waals surface area contributed by atoms with Crippen molar-refractivity contribution >= 4 is 28.8 Å². The van der Waals surface area contributed by atoms with Crippen LogP contribution in [0.5, 0.6) is 0 Å². The van der Waals surface area contributed by atoms with E-state index < -0.39 is 6.04 Å². The molecule has 4 aromatic rings. The summed E-state index contributed by atoms with van der Waals surface area (Å²) in [5, 5.41) is 3.91. The van der Waals surface area contributed by atoms with Crippen molar-refractivity contribution in [1.82, 2.24) is 34.6 Å². The van der Waals surface area contributed by atoms with Crippen LogP contribution in [0, 0.1) is 0 Å². The third-order valence-corrected chi connectivity index (χ3v) is 10.6. The second kappa shape index (κ2) is 12.1. The molecule has 46 heavy (non-hydrogen) atoms. The summed E-state index contributed by atoms with van der Waals surface area (Å²) in [6.07, 6.45) is 11.7. The van der Waals surface area contributed by atoms with Crippen LogP contribution in [-0.4, -0.2) is 91.8 Å². The van der Waals surface area contributed by atoms with Crippen molar-refractivity contribution in [3.05, 3.63) is 83.9 Å². The Hall–Kier alpha value is -4.41. The fraction of sp³-hybridized carbons (Fsp3) is 0.417. The van der Waals surface area contributed by atoms with E-state index in [1.165, 1.54) is 16.0 Å². The van der Waals surface area contributed by atoms with Crippen molar-refractivity contribution in [3.63, 3.8) is 0 Å². The van der Waals surface area contributed by atoms with Gasteiger partial charge in [-0.1, -0.05) is 42.5 Å². The Morgan fingerprint density at radius 2 is 1.59 bits per heavy atom. The fourth-order valence-electron chi connectivity index (χ4n) is 8.13. The first-order valence-electron chi connectivity index (χ1n) is 16.7. The first kappa shape index (κ1) is 29.0. The van der Waals surface area contributed by atoms with Gasteiger partial charge in [-0.15, -0.1) is 0 Å². The summed E-state index contributed by atoms with van der Waals surface area (Å²) in [7, 11) is 0. The third kappa shape index (κ3) is 5.09. The van der Waals surface area contributed by atoms with Gasteiger partial charge in [-0.25, -0.2) is 9.97 Å². The number of carbonyl (C=O) groups excluding carboxylic acids is 3. The van der Waals surface area contributed by atoms with Gasteiger partial charge in [-0.05, 0) is 55.7 Å². The van der Waals surface area contributed by atoms with Gasteiger partial charge < -0.3 is 9.88 Å². The average Bonchev–Trinajstić information content (AvgIpc) is 3.61. The van der Waals surface area contributed by atoms with Crippen LogP contribution in [0.4, 0.5) is 0 Å². The predicted octanol–water partition coefficient (Wildman–Crippen LogP) is 4.27. The normalized spacial score (nSPS) is 24.4. The molecule has 10 nitrogen and oxygen atoms in total. The summed E-state index contributed by atoms with van der Waals surface area (Å²) in [6, 6.07) is 16.3. The topological polar surface area (TPSA) is 104 Å². The number of fused-ring (bicyclic) bond motifs is 2. The van der Waals surface area contributed by atoms with Crippen LogP contribution >= 0.6 is 0 Å². The molecule has 1 unspecified atom stereocenters. The van der Waals surface area contributed by atoms with Crippen molar-refractivity contribution in [1.29, 1.82) is 0 Å². The van der Waals surface area contributed by atoms with Crippen molar-refractivity contribution in [3.8, 4) is 11.1 Å². The molecule has 5 heterocycles. The maximum atomic E-state index is 13.5. The zero-order valence-electron chi connectivity index (χ0n) is 26.0. The number of rotatable bonds is 6. The number of amides is 3. The monoisotopic (exact) mass is 617 g/mol. The standard InChI is InChI=1S/C36H39N7O3/c44-34-31(10-5-15-38-34)43-35(45)28-9-4-8-25(32(28)36(43)46)21-40-16-18-41(19-17-40)26-11-13-27(14-12-26)42-22-30(24-6-2-1-3-7-24)29-20-37-23-39-33(29)42/h1-4,6-9,20,22-23,26-27,31H,5,10-19,21H2,(H,38,44). The number of piperazine rings is 1. The molecule has 3 fully saturated rings. The highest BCUT2D eigenvalue weighted by Gasteiger charge is 2.44. The Labute approximate surface area is 268 Å². The molecule has 1 atom stereocenters. The molecular weight excluding hydrogens is 578 g/mol. The van der Waals surface area contributed by atoms with Gasteiger partial charge in [0.15, 0.2) is 0 Å². The summed E-state index contributed by atoms with van der Waals surface area (Å²) < 4.78 is 2.39. The maximum Gasteiger partial charge on any atom is 0.262 e. The molecule has 2 saturated heterocycles. The van der Waals surface area contributed by atoms with E-state index >= 15 is 0 Å². The summed E-state index contributed by atoms with van der Waals surface area (Å²) in [5.41, 5.74) is 5.18. The second-order valence-electron chi connectivity index (χ2n) is 13.1. The van der Waals surface area contributed by atoms with Crippen molar-refractivity contribution in [2.24, 2.45) is 0 Å². The van der Waals surface area contributed by atoms with Crippen molar-refractivity contribution in [2.45, 2.75) is 63.2 Å². The predicted molar refractivity (Wildman–Crippen MR) is 174 cm³/mol. The summed E-state index contributed by atoms with van der Waals surface area (Å²) in [4.78, 5) is 54.6. The van der Waals surface area contributed by atoms with Gasteiger partial charge in [0.25, 0.3) is 11.8 Å². The lowest BCUT2D eigenvalue weighted by atomic mass is 9.89. The van der Waals surface area contributed by atoms with Crippen LogP contribution in [0.2, 0.25) is 0 Å². The SMILES string of the molecule is O=C1NCCCC1N1C(=O)c2cccc(CN3CCN(C4CCC(n5cc(-c6ccccc6)c6cncnc65)CC4)CC3)c2C1=O. The Kier molecular flexibility index (Phi) is 7.62. The van der Waals surface area contributed by atoms with E-state index in [9.17, 15) is 14.4 Å². The number of carbonyl (C=O) groups is 3. The molecule has 3 aliphatic heterocycles. The van der Waals surface area contributed by atoms with Gasteiger partial charge in [-0.2, -0.15) is 0 Å². The largest absolute Gasteiger partial charge is 0.354 e. The number of nitrogens with one attached hydrogen (secondary N) is 1. The Morgan fingerprint density at radius 1 is 0.804 bits per heavy atom. The summed E-state index contributed by atoms with van der Waals surface area (Å²) >= 11 is 0. The smallest absolute Gasteiger partial charge is 0.262 e. The molecule has 8 rings (SSSR count). The Morgan fingerprint density at radius 3 is 2.37 bits per heavy atom. The first-order chi connectivity index (χ1) is 22.6. The lowest BCUT2D eigenvalue weighted by molar-refractivity contribution is -0.126. The zero-order valence-corrected chi connectivity index (χ0v) is 26.0. The van der Waals surface area contributed by atoms with Crippen LogP contribution in [0.25, 0.3) is 22.2 Å². The zero-order chi connectivity index (χ0) is 31.2. The number of hydrogen-bond acceptors (Lipinski definition) is 7. The van der Waals surface area contributed by atoms with E-state index in [0.717, 1.165) is 74.9 Å². The van der Waals surface area contributed by atoms with Gasteiger partial charge in [0, 0.05) is 74.7 Å². The van der Waals surface area contributed by atoms with Gasteiger partial charge >= 0.3 is 0 Å². The van der Waals surface area contributed by atoms with E-state index in [1.54, 1.807) is 12.4 Å². The maximum absolute atomic E-state index is 13.5. The molecule has 0 radical (unpaired) electrons. The highest BCUT2D eigenvalue weighted by Crippen LogP contribution is 2.37. The van der Waals surface area contributed by atoms with Crippen LogP contribution in [0.3, 0.4) is 0 Å². The third-order valence-electron chi connectivity index (χ3n) is 10.6. The molecule has 3 amide bonds. The molecule has 1 N–H and O–H groups in total. The molecule has 4 aliphatic rings. The minimum absolute atomic E-state index is 0.236. The highest BCUT2D eigenvalue weighted by molar-refractivity contribution is 6.23. The fourth-order valence-corrected chi connectivity index (χ4v) is 8.13. The molecule has 1 saturated carbocycles. The van der Waals surface area contributed by atoms with Crippen molar-refractivity contribution in [2.75, 3.05) is 32.7 Å². The molecule has 10 heteroatoms.